The van der Waals surface area contributed by atoms with Gasteiger partial charge in [0.1, 0.15) is 0 Å². The lowest BCUT2D eigenvalue weighted by Crippen LogP contribution is -2.51. The van der Waals surface area contributed by atoms with Gasteiger partial charge in [-0.25, -0.2) is 0 Å². The van der Waals surface area contributed by atoms with Crippen molar-refractivity contribution in [3.05, 3.63) is 0 Å². The number of rotatable bonds is 3. The molecule has 2 aliphatic rings. The van der Waals surface area contributed by atoms with E-state index in [1.165, 1.54) is 19.3 Å². The minimum Gasteiger partial charge on any atom is -0.353 e. The molecule has 1 saturated carbocycles. The number of carbonyl (C=O) groups is 1. The minimum absolute atomic E-state index is 0.158. The normalized spacial score (nSPS) is 31.9. The standard InChI is InChI=1S/C15H29N3O/c1-12-10-13(6-9-18(12)2)17-14(19)11-15(16)7-4-3-5-8-15/h12-13H,3-11,16H2,1-2H3,(H,17,19). The van der Waals surface area contributed by atoms with Gasteiger partial charge >= 0.3 is 0 Å². The Morgan fingerprint density at radius 2 is 2.05 bits per heavy atom. The van der Waals surface area contributed by atoms with Crippen LogP contribution in [-0.2, 0) is 4.79 Å². The van der Waals surface area contributed by atoms with Crippen LogP contribution in [0, 0.1) is 0 Å². The van der Waals surface area contributed by atoms with E-state index in [0.29, 0.717) is 18.5 Å². The van der Waals surface area contributed by atoms with E-state index < -0.39 is 0 Å². The summed E-state index contributed by atoms with van der Waals surface area (Å²) in [5.41, 5.74) is 6.11. The zero-order valence-electron chi connectivity index (χ0n) is 12.5. The third kappa shape index (κ3) is 4.18. The second kappa shape index (κ2) is 6.23. The molecule has 1 aliphatic heterocycles. The van der Waals surface area contributed by atoms with Gasteiger partial charge in [-0.2, -0.15) is 0 Å². The Bertz CT molecular complexity index is 313. The number of amides is 1. The monoisotopic (exact) mass is 267 g/mol. The third-order valence-electron chi connectivity index (χ3n) is 4.94. The number of nitrogens with zero attached hydrogens (tertiary/aromatic N) is 1. The van der Waals surface area contributed by atoms with Crippen LogP contribution in [0.5, 0.6) is 0 Å². The van der Waals surface area contributed by atoms with E-state index in [4.69, 9.17) is 5.73 Å². The highest BCUT2D eigenvalue weighted by Gasteiger charge is 2.31. The largest absolute Gasteiger partial charge is 0.353 e. The maximum atomic E-state index is 12.2. The van der Waals surface area contributed by atoms with Crippen molar-refractivity contribution in [2.75, 3.05) is 13.6 Å². The second-order valence-corrected chi connectivity index (χ2v) is 6.72. The van der Waals surface area contributed by atoms with Crippen molar-refractivity contribution in [2.24, 2.45) is 5.73 Å². The summed E-state index contributed by atoms with van der Waals surface area (Å²) < 4.78 is 0. The SMILES string of the molecule is CC1CC(NC(=O)CC2(N)CCCCC2)CCN1C. The summed E-state index contributed by atoms with van der Waals surface area (Å²) in [5.74, 6) is 0.158. The lowest BCUT2D eigenvalue weighted by atomic mass is 9.80. The first-order valence-corrected chi connectivity index (χ1v) is 7.77. The van der Waals surface area contributed by atoms with E-state index in [1.54, 1.807) is 0 Å². The summed E-state index contributed by atoms with van der Waals surface area (Å²) in [6.45, 7) is 3.30. The van der Waals surface area contributed by atoms with Gasteiger partial charge in [-0.1, -0.05) is 19.3 Å². The maximum absolute atomic E-state index is 12.2. The second-order valence-electron chi connectivity index (χ2n) is 6.72. The van der Waals surface area contributed by atoms with Crippen molar-refractivity contribution in [3.8, 4) is 0 Å². The number of piperidine rings is 1. The Hall–Kier alpha value is -0.610. The lowest BCUT2D eigenvalue weighted by Gasteiger charge is -2.37. The number of hydrogen-bond acceptors (Lipinski definition) is 3. The van der Waals surface area contributed by atoms with Crippen LogP contribution >= 0.6 is 0 Å². The van der Waals surface area contributed by atoms with Crippen LogP contribution in [0.2, 0.25) is 0 Å². The summed E-state index contributed by atoms with van der Waals surface area (Å²) in [7, 11) is 2.15. The Balaban J connectivity index is 1.78. The molecule has 1 saturated heterocycles. The molecular formula is C15H29N3O. The molecule has 0 aromatic heterocycles. The first kappa shape index (κ1) is 14.8. The predicted octanol–water partition coefficient (Wildman–Crippen LogP) is 1.64. The summed E-state index contributed by atoms with van der Waals surface area (Å²) in [6, 6.07) is 0.895. The molecular weight excluding hydrogens is 238 g/mol. The fraction of sp³-hybridized carbons (Fsp3) is 0.933. The highest BCUT2D eigenvalue weighted by Crippen LogP contribution is 2.28. The number of nitrogens with two attached hydrogens (primary N) is 1. The fourth-order valence-corrected chi connectivity index (χ4v) is 3.45. The highest BCUT2D eigenvalue weighted by atomic mass is 16.1. The van der Waals surface area contributed by atoms with Crippen LogP contribution in [0.1, 0.15) is 58.3 Å². The average molecular weight is 267 g/mol. The molecule has 2 fully saturated rings. The lowest BCUT2D eigenvalue weighted by molar-refractivity contribution is -0.123. The summed E-state index contributed by atoms with van der Waals surface area (Å²) >= 11 is 0. The van der Waals surface area contributed by atoms with Crippen molar-refractivity contribution in [3.63, 3.8) is 0 Å². The topological polar surface area (TPSA) is 58.4 Å². The molecule has 3 N–H and O–H groups in total. The zero-order chi connectivity index (χ0) is 13.9. The van der Waals surface area contributed by atoms with Gasteiger partial charge in [0, 0.05) is 30.6 Å². The van der Waals surface area contributed by atoms with Crippen LogP contribution in [0.4, 0.5) is 0 Å². The van der Waals surface area contributed by atoms with E-state index in [0.717, 1.165) is 32.2 Å². The van der Waals surface area contributed by atoms with Gasteiger partial charge in [0.15, 0.2) is 0 Å². The van der Waals surface area contributed by atoms with Crippen LogP contribution < -0.4 is 11.1 Å². The molecule has 0 spiro atoms. The quantitative estimate of drug-likeness (QED) is 0.817. The smallest absolute Gasteiger partial charge is 0.222 e. The fourth-order valence-electron chi connectivity index (χ4n) is 3.45. The molecule has 1 heterocycles. The van der Waals surface area contributed by atoms with E-state index in [9.17, 15) is 4.79 Å². The Morgan fingerprint density at radius 3 is 2.68 bits per heavy atom. The average Bonchev–Trinajstić information content (AvgIpc) is 2.34. The van der Waals surface area contributed by atoms with E-state index in [-0.39, 0.29) is 11.4 Å². The molecule has 19 heavy (non-hydrogen) atoms. The zero-order valence-corrected chi connectivity index (χ0v) is 12.5. The molecule has 0 radical (unpaired) electrons. The maximum Gasteiger partial charge on any atom is 0.222 e. The molecule has 0 bridgehead atoms. The van der Waals surface area contributed by atoms with Gasteiger partial charge in [-0.3, -0.25) is 4.79 Å². The number of likely N-dealkylation sites (tertiary alicyclic amines) is 1. The van der Waals surface area contributed by atoms with Gasteiger partial charge in [-0.15, -0.1) is 0 Å². The van der Waals surface area contributed by atoms with Crippen molar-refractivity contribution in [2.45, 2.75) is 75.9 Å². The number of nitrogens with one attached hydrogen (secondary N) is 1. The van der Waals surface area contributed by atoms with Gasteiger partial charge in [0.05, 0.1) is 0 Å². The van der Waals surface area contributed by atoms with E-state index >= 15 is 0 Å². The van der Waals surface area contributed by atoms with Crippen LogP contribution in [0.25, 0.3) is 0 Å². The van der Waals surface area contributed by atoms with Gasteiger partial charge in [0.25, 0.3) is 0 Å². The minimum atomic E-state index is -0.237. The van der Waals surface area contributed by atoms with Crippen LogP contribution in [0.3, 0.4) is 0 Å². The molecule has 110 valence electrons. The van der Waals surface area contributed by atoms with E-state index in [2.05, 4.69) is 24.2 Å². The molecule has 0 aromatic carbocycles. The van der Waals surface area contributed by atoms with Crippen molar-refractivity contribution >= 4 is 5.91 Å². The molecule has 4 heteroatoms. The predicted molar refractivity (Wildman–Crippen MR) is 77.9 cm³/mol. The Morgan fingerprint density at radius 1 is 1.37 bits per heavy atom. The molecule has 1 amide bonds. The molecule has 1 aliphatic carbocycles. The Kier molecular flexibility index (Phi) is 4.85. The van der Waals surface area contributed by atoms with Gasteiger partial charge in [-0.05, 0) is 39.7 Å². The first-order valence-electron chi connectivity index (χ1n) is 7.77. The first-order chi connectivity index (χ1) is 8.98. The summed E-state index contributed by atoms with van der Waals surface area (Å²) in [6.07, 6.45) is 8.25. The van der Waals surface area contributed by atoms with Crippen molar-refractivity contribution in [1.82, 2.24) is 10.2 Å². The van der Waals surface area contributed by atoms with Crippen molar-refractivity contribution < 1.29 is 4.79 Å². The summed E-state index contributed by atoms with van der Waals surface area (Å²) in [4.78, 5) is 14.5. The molecule has 2 atom stereocenters. The van der Waals surface area contributed by atoms with Crippen molar-refractivity contribution in [1.29, 1.82) is 0 Å². The van der Waals surface area contributed by atoms with Crippen LogP contribution in [-0.4, -0.2) is 42.0 Å². The molecule has 2 rings (SSSR count). The number of hydrogen-bond donors (Lipinski definition) is 2. The highest BCUT2D eigenvalue weighted by molar-refractivity contribution is 5.77. The van der Waals surface area contributed by atoms with E-state index in [1.807, 2.05) is 0 Å². The third-order valence-corrected chi connectivity index (χ3v) is 4.94. The van der Waals surface area contributed by atoms with Crippen LogP contribution in [0.15, 0.2) is 0 Å². The molecule has 0 aromatic rings. The summed E-state index contributed by atoms with van der Waals surface area (Å²) in [5, 5.41) is 3.20. The van der Waals surface area contributed by atoms with Gasteiger partial charge in [0.2, 0.25) is 5.91 Å². The van der Waals surface area contributed by atoms with Gasteiger partial charge < -0.3 is 16.0 Å². The number of carbonyl (C=O) groups excluding carboxylic acids is 1. The molecule has 4 nitrogen and oxygen atoms in total. The molecule has 2 unspecified atom stereocenters. The Labute approximate surface area is 117 Å².